The van der Waals surface area contributed by atoms with Gasteiger partial charge in [0.05, 0.1) is 28.8 Å². The first-order valence-electron chi connectivity index (χ1n) is 11.5. The van der Waals surface area contributed by atoms with Crippen molar-refractivity contribution in [1.82, 2.24) is 24.1 Å². The topological polar surface area (TPSA) is 116 Å². The van der Waals surface area contributed by atoms with E-state index in [1.54, 1.807) is 31.2 Å². The number of carbonyl (C=O) groups is 2. The van der Waals surface area contributed by atoms with E-state index >= 15 is 0 Å². The van der Waals surface area contributed by atoms with E-state index < -0.39 is 17.8 Å². The zero-order valence-corrected chi connectivity index (χ0v) is 20.5. The van der Waals surface area contributed by atoms with E-state index in [1.807, 2.05) is 0 Å². The lowest BCUT2D eigenvalue weighted by atomic mass is 10.1. The SMILES string of the molecule is CC(=O)Nc1cc(Oc2ccc3c(ccn3C(=O)Nc3ccc(-n4cnc(C)c4)c(C(F)(F)F)c3)c2)ncn1. The molecule has 0 aliphatic carbocycles. The van der Waals surface area contributed by atoms with Crippen LogP contribution < -0.4 is 15.4 Å². The van der Waals surface area contributed by atoms with Crippen molar-refractivity contribution in [3.8, 4) is 17.3 Å². The van der Waals surface area contributed by atoms with Crippen LogP contribution in [-0.2, 0) is 11.0 Å². The van der Waals surface area contributed by atoms with E-state index in [1.165, 1.54) is 59.3 Å². The standard InChI is InChI=1S/C26H20F3N7O3/c1-15-12-35(14-32-15)22-5-3-18(10-20(22)26(27,28)29)34-25(38)36-8-7-17-9-19(4-6-21(17)36)39-24-11-23(30-13-31-24)33-16(2)37/h3-14H,1-2H3,(H,34,38)(H,30,31,33,37). The summed E-state index contributed by atoms with van der Waals surface area (Å²) in [7, 11) is 0. The summed E-state index contributed by atoms with van der Waals surface area (Å²) in [6.45, 7) is 3.03. The van der Waals surface area contributed by atoms with Crippen LogP contribution in [0.2, 0.25) is 0 Å². The fourth-order valence-electron chi connectivity index (χ4n) is 3.93. The molecule has 13 heteroatoms. The molecule has 39 heavy (non-hydrogen) atoms. The largest absolute Gasteiger partial charge is 0.439 e. The fraction of sp³-hybridized carbons (Fsp3) is 0.115. The summed E-state index contributed by atoms with van der Waals surface area (Å²) in [5, 5.41) is 5.70. The number of hydrogen-bond donors (Lipinski definition) is 2. The van der Waals surface area contributed by atoms with Gasteiger partial charge in [0.15, 0.2) is 0 Å². The Labute approximate surface area is 219 Å². The lowest BCUT2D eigenvalue weighted by molar-refractivity contribution is -0.137. The minimum atomic E-state index is -4.66. The number of hydrogen-bond acceptors (Lipinski definition) is 6. The maximum atomic E-state index is 13.8. The highest BCUT2D eigenvalue weighted by Gasteiger charge is 2.34. The normalized spacial score (nSPS) is 11.4. The lowest BCUT2D eigenvalue weighted by Gasteiger charge is -2.16. The molecule has 3 heterocycles. The molecule has 10 nitrogen and oxygen atoms in total. The van der Waals surface area contributed by atoms with Gasteiger partial charge < -0.3 is 19.9 Å². The van der Waals surface area contributed by atoms with E-state index in [2.05, 4.69) is 25.6 Å². The van der Waals surface area contributed by atoms with Crippen LogP contribution in [0.15, 0.2) is 73.6 Å². The minimum absolute atomic E-state index is 0.0200. The average molecular weight is 535 g/mol. The van der Waals surface area contributed by atoms with Gasteiger partial charge in [-0.3, -0.25) is 9.36 Å². The third-order valence-corrected chi connectivity index (χ3v) is 5.59. The number of fused-ring (bicyclic) bond motifs is 1. The zero-order valence-electron chi connectivity index (χ0n) is 20.5. The zero-order chi connectivity index (χ0) is 27.7. The number of amides is 2. The molecule has 2 aromatic carbocycles. The number of nitrogens with zero attached hydrogens (tertiary/aromatic N) is 5. The molecule has 0 bridgehead atoms. The highest BCUT2D eigenvalue weighted by molar-refractivity contribution is 5.99. The molecule has 3 aromatic heterocycles. The first-order chi connectivity index (χ1) is 18.6. The number of aromatic nitrogens is 5. The first kappa shape index (κ1) is 25.4. The molecule has 5 aromatic rings. The van der Waals surface area contributed by atoms with Crippen LogP contribution in [0.3, 0.4) is 0 Å². The average Bonchev–Trinajstić information content (AvgIpc) is 3.49. The van der Waals surface area contributed by atoms with Gasteiger partial charge >= 0.3 is 12.2 Å². The molecular formula is C26H20F3N7O3. The van der Waals surface area contributed by atoms with E-state index in [9.17, 15) is 22.8 Å². The van der Waals surface area contributed by atoms with Crippen molar-refractivity contribution < 1.29 is 27.5 Å². The van der Waals surface area contributed by atoms with Crippen LogP contribution in [0.4, 0.5) is 29.5 Å². The number of benzene rings is 2. The van der Waals surface area contributed by atoms with Gasteiger partial charge in [0, 0.05) is 36.5 Å². The highest BCUT2D eigenvalue weighted by Crippen LogP contribution is 2.36. The van der Waals surface area contributed by atoms with Gasteiger partial charge in [-0.2, -0.15) is 13.2 Å². The summed E-state index contributed by atoms with van der Waals surface area (Å²) in [6.07, 6.45) is 0.870. The molecule has 2 N–H and O–H groups in total. The van der Waals surface area contributed by atoms with Crippen LogP contribution in [-0.4, -0.2) is 36.0 Å². The number of carbonyl (C=O) groups excluding carboxylic acids is 2. The van der Waals surface area contributed by atoms with Crippen LogP contribution in [0.1, 0.15) is 18.2 Å². The molecule has 5 rings (SSSR count). The predicted octanol–water partition coefficient (Wildman–Crippen LogP) is 5.78. The van der Waals surface area contributed by atoms with Gasteiger partial charge in [-0.15, -0.1) is 0 Å². The fourth-order valence-corrected chi connectivity index (χ4v) is 3.93. The van der Waals surface area contributed by atoms with Crippen molar-refractivity contribution in [3.05, 3.63) is 84.8 Å². The molecule has 0 aliphatic heterocycles. The second-order valence-corrected chi connectivity index (χ2v) is 8.51. The van der Waals surface area contributed by atoms with Gasteiger partial charge in [-0.25, -0.2) is 19.7 Å². The summed E-state index contributed by atoms with van der Waals surface area (Å²) >= 11 is 0. The summed E-state index contributed by atoms with van der Waals surface area (Å²) in [5.41, 5.74) is 0.0352. The smallest absolute Gasteiger partial charge is 0.418 e. The second-order valence-electron chi connectivity index (χ2n) is 8.51. The third-order valence-electron chi connectivity index (χ3n) is 5.59. The number of ether oxygens (including phenoxy) is 1. The molecule has 0 fully saturated rings. The Kier molecular flexibility index (Phi) is 6.48. The van der Waals surface area contributed by atoms with E-state index in [0.717, 1.165) is 6.07 Å². The minimum Gasteiger partial charge on any atom is -0.439 e. The summed E-state index contributed by atoms with van der Waals surface area (Å²) < 4.78 is 49.8. The Balaban J connectivity index is 1.37. The molecule has 0 radical (unpaired) electrons. The molecule has 0 saturated carbocycles. The number of nitrogens with one attached hydrogen (secondary N) is 2. The Morgan fingerprint density at radius 3 is 2.51 bits per heavy atom. The molecule has 0 atom stereocenters. The summed E-state index contributed by atoms with van der Waals surface area (Å²) in [5.74, 6) is 0.589. The second kappa shape index (κ2) is 9.93. The maximum Gasteiger partial charge on any atom is 0.418 e. The van der Waals surface area contributed by atoms with Crippen LogP contribution in [0, 0.1) is 6.92 Å². The summed E-state index contributed by atoms with van der Waals surface area (Å²) in [6, 6.07) is 10.9. The highest BCUT2D eigenvalue weighted by atomic mass is 19.4. The Morgan fingerprint density at radius 2 is 1.79 bits per heavy atom. The van der Waals surface area contributed by atoms with Gasteiger partial charge in [0.2, 0.25) is 11.8 Å². The van der Waals surface area contributed by atoms with Crippen molar-refractivity contribution in [2.45, 2.75) is 20.0 Å². The van der Waals surface area contributed by atoms with Crippen molar-refractivity contribution in [2.75, 3.05) is 10.6 Å². The molecular weight excluding hydrogens is 515 g/mol. The Morgan fingerprint density at radius 1 is 0.974 bits per heavy atom. The van der Waals surface area contributed by atoms with Gasteiger partial charge in [0.1, 0.15) is 17.9 Å². The molecule has 198 valence electrons. The van der Waals surface area contributed by atoms with Crippen molar-refractivity contribution in [1.29, 1.82) is 0 Å². The maximum absolute atomic E-state index is 13.8. The van der Waals surface area contributed by atoms with Gasteiger partial charge in [-0.05, 0) is 49.4 Å². The van der Waals surface area contributed by atoms with Crippen LogP contribution >= 0.6 is 0 Å². The van der Waals surface area contributed by atoms with Gasteiger partial charge in [0.25, 0.3) is 0 Å². The van der Waals surface area contributed by atoms with Crippen molar-refractivity contribution in [3.63, 3.8) is 0 Å². The summed E-state index contributed by atoms with van der Waals surface area (Å²) in [4.78, 5) is 36.1. The van der Waals surface area contributed by atoms with E-state index in [-0.39, 0.29) is 29.0 Å². The van der Waals surface area contributed by atoms with E-state index in [4.69, 9.17) is 4.74 Å². The quantitative estimate of drug-likeness (QED) is 0.295. The van der Waals surface area contributed by atoms with Crippen molar-refractivity contribution in [2.24, 2.45) is 0 Å². The molecule has 0 spiro atoms. The van der Waals surface area contributed by atoms with Crippen LogP contribution in [0.25, 0.3) is 16.6 Å². The number of aryl methyl sites for hydroxylation is 1. The Hall–Kier alpha value is -5.20. The molecule has 0 saturated heterocycles. The number of imidazole rings is 1. The first-order valence-corrected chi connectivity index (χ1v) is 11.5. The molecule has 0 unspecified atom stereocenters. The third kappa shape index (κ3) is 5.56. The molecule has 2 amide bonds. The monoisotopic (exact) mass is 535 g/mol. The van der Waals surface area contributed by atoms with Gasteiger partial charge in [-0.1, -0.05) is 0 Å². The van der Waals surface area contributed by atoms with E-state index in [0.29, 0.717) is 22.3 Å². The van der Waals surface area contributed by atoms with Crippen molar-refractivity contribution >= 4 is 34.3 Å². The number of anilines is 2. The lowest BCUT2D eigenvalue weighted by Crippen LogP contribution is -2.19. The Bertz CT molecular complexity index is 1710. The number of rotatable bonds is 5. The number of alkyl halides is 3. The van der Waals surface area contributed by atoms with Crippen LogP contribution in [0.5, 0.6) is 11.6 Å². The predicted molar refractivity (Wildman–Crippen MR) is 136 cm³/mol. The number of halogens is 3. The molecule has 0 aliphatic rings.